The molecule has 1 atom stereocenters. The molecule has 2 rings (SSSR count). The van der Waals surface area contributed by atoms with Crippen molar-refractivity contribution >= 4 is 23.6 Å². The molecule has 2 aromatic carbocycles. The minimum absolute atomic E-state index is 0.0507. The highest BCUT2D eigenvalue weighted by molar-refractivity contribution is 5.92. The minimum Gasteiger partial charge on any atom is -0.346 e. The van der Waals surface area contributed by atoms with E-state index in [0.717, 1.165) is 23.2 Å². The zero-order chi connectivity index (χ0) is 18.2. The maximum absolute atomic E-state index is 12.1. The summed E-state index contributed by atoms with van der Waals surface area (Å²) >= 11 is 0. The molecule has 1 unspecified atom stereocenters. The first kappa shape index (κ1) is 18.5. The first-order chi connectivity index (χ1) is 12.0. The summed E-state index contributed by atoms with van der Waals surface area (Å²) in [4.78, 5) is 23.1. The van der Waals surface area contributed by atoms with Crippen molar-refractivity contribution < 1.29 is 9.59 Å². The minimum atomic E-state index is -0.141. The van der Waals surface area contributed by atoms with Crippen LogP contribution in [0.4, 0.5) is 5.69 Å². The highest BCUT2D eigenvalue weighted by Crippen LogP contribution is 2.14. The van der Waals surface area contributed by atoms with Crippen LogP contribution in [-0.2, 0) is 16.0 Å². The Kier molecular flexibility index (Phi) is 6.52. The van der Waals surface area contributed by atoms with Crippen molar-refractivity contribution in [1.82, 2.24) is 5.32 Å². The van der Waals surface area contributed by atoms with Crippen molar-refractivity contribution in [3.05, 3.63) is 71.3 Å². The summed E-state index contributed by atoms with van der Waals surface area (Å²) in [6.07, 6.45) is 4.27. The van der Waals surface area contributed by atoms with Crippen LogP contribution in [0.3, 0.4) is 0 Å². The fourth-order valence-electron chi connectivity index (χ4n) is 2.44. The highest BCUT2D eigenvalue weighted by Gasteiger charge is 2.07. The average Bonchev–Trinajstić information content (AvgIpc) is 2.60. The topological polar surface area (TPSA) is 58.2 Å². The molecule has 0 aliphatic carbocycles. The van der Waals surface area contributed by atoms with Gasteiger partial charge in [-0.05, 0) is 48.2 Å². The van der Waals surface area contributed by atoms with Crippen molar-refractivity contribution in [3.8, 4) is 0 Å². The fraction of sp³-hybridized carbons (Fsp3) is 0.238. The number of rotatable bonds is 6. The zero-order valence-corrected chi connectivity index (χ0v) is 14.9. The van der Waals surface area contributed by atoms with Gasteiger partial charge in [-0.3, -0.25) is 9.59 Å². The first-order valence-corrected chi connectivity index (χ1v) is 8.43. The van der Waals surface area contributed by atoms with Crippen LogP contribution in [0.2, 0.25) is 0 Å². The van der Waals surface area contributed by atoms with Gasteiger partial charge in [0, 0.05) is 18.7 Å². The van der Waals surface area contributed by atoms with Crippen molar-refractivity contribution in [1.29, 1.82) is 0 Å². The molecule has 0 bridgehead atoms. The van der Waals surface area contributed by atoms with Crippen LogP contribution in [0.5, 0.6) is 0 Å². The van der Waals surface area contributed by atoms with Crippen molar-refractivity contribution in [2.24, 2.45) is 0 Å². The van der Waals surface area contributed by atoms with E-state index in [1.54, 1.807) is 18.2 Å². The number of hydrogen-bond donors (Lipinski definition) is 2. The number of nitrogens with one attached hydrogen (secondary N) is 2. The normalized spacial score (nSPS) is 12.0. The Morgan fingerprint density at radius 2 is 1.68 bits per heavy atom. The predicted molar refractivity (Wildman–Crippen MR) is 102 cm³/mol. The van der Waals surface area contributed by atoms with E-state index in [4.69, 9.17) is 0 Å². The van der Waals surface area contributed by atoms with Gasteiger partial charge in [-0.25, -0.2) is 0 Å². The number of aryl methyl sites for hydroxylation is 1. The van der Waals surface area contributed by atoms with E-state index in [-0.39, 0.29) is 17.9 Å². The number of amides is 2. The van der Waals surface area contributed by atoms with Gasteiger partial charge in [-0.15, -0.1) is 0 Å². The number of carbonyl (C=O) groups excluding carboxylic acids is 2. The van der Waals surface area contributed by atoms with Gasteiger partial charge in [0.1, 0.15) is 0 Å². The van der Waals surface area contributed by atoms with Gasteiger partial charge in [0.05, 0.1) is 6.04 Å². The second kappa shape index (κ2) is 8.83. The first-order valence-electron chi connectivity index (χ1n) is 8.43. The van der Waals surface area contributed by atoms with Crippen LogP contribution in [-0.4, -0.2) is 11.8 Å². The molecular formula is C21H24N2O2. The summed E-state index contributed by atoms with van der Waals surface area (Å²) in [6.45, 7) is 5.55. The van der Waals surface area contributed by atoms with Gasteiger partial charge in [0.25, 0.3) is 0 Å². The van der Waals surface area contributed by atoms with Gasteiger partial charge in [-0.1, -0.05) is 43.3 Å². The van der Waals surface area contributed by atoms with E-state index in [9.17, 15) is 9.59 Å². The smallest absolute Gasteiger partial charge is 0.244 e. The molecule has 0 aliphatic heterocycles. The molecule has 0 saturated carbocycles. The lowest BCUT2D eigenvalue weighted by atomic mass is 10.0. The van der Waals surface area contributed by atoms with Crippen LogP contribution < -0.4 is 10.6 Å². The Balaban J connectivity index is 1.91. The SMILES string of the molecule is CCc1ccc(C(C)NC(=O)/C=C/c2ccc(NC(C)=O)cc2)cc1. The van der Waals surface area contributed by atoms with Crippen LogP contribution in [0.15, 0.2) is 54.6 Å². The third-order valence-electron chi connectivity index (χ3n) is 3.90. The summed E-state index contributed by atoms with van der Waals surface area (Å²) < 4.78 is 0. The fourth-order valence-corrected chi connectivity index (χ4v) is 2.44. The van der Waals surface area contributed by atoms with Crippen molar-refractivity contribution in [2.45, 2.75) is 33.2 Å². The maximum atomic E-state index is 12.1. The van der Waals surface area contributed by atoms with Crippen LogP contribution in [0.25, 0.3) is 6.08 Å². The summed E-state index contributed by atoms with van der Waals surface area (Å²) in [7, 11) is 0. The Morgan fingerprint density at radius 1 is 1.04 bits per heavy atom. The third-order valence-corrected chi connectivity index (χ3v) is 3.90. The number of benzene rings is 2. The van der Waals surface area contributed by atoms with Gasteiger partial charge in [0.2, 0.25) is 11.8 Å². The molecule has 0 heterocycles. The Hall–Kier alpha value is -2.88. The Bertz CT molecular complexity index is 746. The van der Waals surface area contributed by atoms with Crippen LogP contribution in [0, 0.1) is 0 Å². The van der Waals surface area contributed by atoms with Gasteiger partial charge < -0.3 is 10.6 Å². The molecule has 2 N–H and O–H groups in total. The van der Waals surface area contributed by atoms with Crippen molar-refractivity contribution in [2.75, 3.05) is 5.32 Å². The molecule has 2 aromatic rings. The number of carbonyl (C=O) groups is 2. The molecule has 0 aliphatic rings. The van der Waals surface area contributed by atoms with E-state index in [1.165, 1.54) is 18.6 Å². The molecule has 0 aromatic heterocycles. The van der Waals surface area contributed by atoms with E-state index in [0.29, 0.717) is 0 Å². The quantitative estimate of drug-likeness (QED) is 0.780. The summed E-state index contributed by atoms with van der Waals surface area (Å²) in [5.74, 6) is -0.248. The van der Waals surface area contributed by atoms with E-state index >= 15 is 0 Å². The van der Waals surface area contributed by atoms with Gasteiger partial charge >= 0.3 is 0 Å². The lowest BCUT2D eigenvalue weighted by molar-refractivity contribution is -0.117. The molecule has 0 saturated heterocycles. The lowest BCUT2D eigenvalue weighted by Gasteiger charge is -2.13. The van der Waals surface area contributed by atoms with Gasteiger partial charge in [-0.2, -0.15) is 0 Å². The average molecular weight is 336 g/mol. The zero-order valence-electron chi connectivity index (χ0n) is 14.9. The van der Waals surface area contributed by atoms with Gasteiger partial charge in [0.15, 0.2) is 0 Å². The summed E-state index contributed by atoms with van der Waals surface area (Å²) in [5, 5.41) is 5.67. The highest BCUT2D eigenvalue weighted by atomic mass is 16.2. The molecule has 0 spiro atoms. The Labute approximate surface area is 149 Å². The molecule has 4 nitrogen and oxygen atoms in total. The second-order valence-corrected chi connectivity index (χ2v) is 5.96. The molecular weight excluding hydrogens is 312 g/mol. The molecule has 0 radical (unpaired) electrons. The Morgan fingerprint density at radius 3 is 2.24 bits per heavy atom. The standard InChI is InChI=1S/C21H24N2O2/c1-4-17-5-10-19(11-6-17)15(2)22-21(25)14-9-18-7-12-20(13-8-18)23-16(3)24/h5-15H,4H2,1-3H3,(H,22,25)(H,23,24)/b14-9+. The van der Waals surface area contributed by atoms with E-state index in [1.807, 2.05) is 31.2 Å². The maximum Gasteiger partial charge on any atom is 0.244 e. The number of anilines is 1. The van der Waals surface area contributed by atoms with Crippen molar-refractivity contribution in [3.63, 3.8) is 0 Å². The van der Waals surface area contributed by atoms with Crippen LogP contribution in [0.1, 0.15) is 43.5 Å². The molecule has 130 valence electrons. The van der Waals surface area contributed by atoms with E-state index in [2.05, 4.69) is 29.7 Å². The van der Waals surface area contributed by atoms with Crippen LogP contribution >= 0.6 is 0 Å². The number of hydrogen-bond acceptors (Lipinski definition) is 2. The predicted octanol–water partition coefficient (Wildman–Crippen LogP) is 4.10. The van der Waals surface area contributed by atoms with E-state index < -0.39 is 0 Å². The second-order valence-electron chi connectivity index (χ2n) is 5.96. The molecule has 4 heteroatoms. The molecule has 25 heavy (non-hydrogen) atoms. The third kappa shape index (κ3) is 5.92. The largest absolute Gasteiger partial charge is 0.346 e. The molecule has 0 fully saturated rings. The summed E-state index contributed by atoms with van der Waals surface area (Å²) in [5.41, 5.74) is 3.99. The summed E-state index contributed by atoms with van der Waals surface area (Å²) in [6, 6.07) is 15.5. The lowest BCUT2D eigenvalue weighted by Crippen LogP contribution is -2.24. The monoisotopic (exact) mass is 336 g/mol. The molecule has 2 amide bonds.